The molecular formula is C20H24N2O3S2. The normalized spacial score (nSPS) is 19.6. The molecule has 2 aromatic rings. The quantitative estimate of drug-likeness (QED) is 0.760. The average molecular weight is 405 g/mol. The molecule has 1 aliphatic carbocycles. The second-order valence-corrected chi connectivity index (χ2v) is 9.55. The van der Waals surface area contributed by atoms with Crippen LogP contribution in [-0.4, -0.2) is 37.0 Å². The molecule has 4 rings (SSSR count). The molecule has 3 heterocycles. The summed E-state index contributed by atoms with van der Waals surface area (Å²) in [5, 5.41) is 5.74. The van der Waals surface area contributed by atoms with Crippen molar-refractivity contribution < 1.29 is 14.3 Å². The van der Waals surface area contributed by atoms with Crippen molar-refractivity contribution in [1.29, 1.82) is 0 Å². The Hall–Kier alpha value is -1.70. The van der Waals surface area contributed by atoms with Crippen LogP contribution in [-0.2, 0) is 16.0 Å². The number of amides is 1. The minimum atomic E-state index is -0.399. The summed E-state index contributed by atoms with van der Waals surface area (Å²) in [7, 11) is 1.37. The van der Waals surface area contributed by atoms with Crippen LogP contribution in [0.15, 0.2) is 11.4 Å². The highest BCUT2D eigenvalue weighted by molar-refractivity contribution is 7.16. The Labute approximate surface area is 167 Å². The van der Waals surface area contributed by atoms with Gasteiger partial charge in [-0.3, -0.25) is 9.69 Å². The molecule has 2 aromatic heterocycles. The third-order valence-electron chi connectivity index (χ3n) is 5.56. The number of ether oxygens (including phenoxy) is 1. The number of hydrogen-bond acceptors (Lipinski definition) is 6. The summed E-state index contributed by atoms with van der Waals surface area (Å²) in [6, 6.07) is 2.59. The van der Waals surface area contributed by atoms with E-state index in [1.807, 2.05) is 25.2 Å². The second-order valence-electron chi connectivity index (χ2n) is 7.33. The number of anilines is 1. The molecule has 1 saturated carbocycles. The first-order chi connectivity index (χ1) is 13.0. The summed E-state index contributed by atoms with van der Waals surface area (Å²) in [6.45, 7) is 5.11. The molecule has 0 saturated heterocycles. The molecule has 1 amide bonds. The van der Waals surface area contributed by atoms with Gasteiger partial charge in [0.15, 0.2) is 0 Å². The fourth-order valence-corrected chi connectivity index (χ4v) is 5.93. The van der Waals surface area contributed by atoms with Crippen LogP contribution in [0.4, 0.5) is 5.00 Å². The molecule has 1 fully saturated rings. The average Bonchev–Trinajstić information content (AvgIpc) is 3.29. The molecule has 1 N–H and O–H groups in total. The summed E-state index contributed by atoms with van der Waals surface area (Å²) in [5.74, 6) is 0.206. The Kier molecular flexibility index (Phi) is 5.09. The lowest BCUT2D eigenvalue weighted by molar-refractivity contribution is -0.118. The Morgan fingerprint density at radius 1 is 1.33 bits per heavy atom. The maximum atomic E-state index is 12.8. The lowest BCUT2D eigenvalue weighted by Gasteiger charge is -2.35. The third-order valence-corrected chi connectivity index (χ3v) is 7.68. The highest BCUT2D eigenvalue weighted by Crippen LogP contribution is 2.48. The zero-order valence-electron chi connectivity index (χ0n) is 15.8. The minimum Gasteiger partial charge on any atom is -0.465 e. The minimum absolute atomic E-state index is 0.0641. The summed E-state index contributed by atoms with van der Waals surface area (Å²) in [5.41, 5.74) is 2.77. The van der Waals surface area contributed by atoms with Crippen LogP contribution in [0, 0.1) is 19.8 Å². The van der Waals surface area contributed by atoms with Crippen LogP contribution in [0.1, 0.15) is 50.1 Å². The number of methoxy groups -OCH3 is 1. The molecule has 144 valence electrons. The number of nitrogens with one attached hydrogen (secondary N) is 1. The van der Waals surface area contributed by atoms with E-state index in [4.69, 9.17) is 4.74 Å². The highest BCUT2D eigenvalue weighted by atomic mass is 32.1. The molecular weight excluding hydrogens is 380 g/mol. The number of thiophene rings is 2. The van der Waals surface area contributed by atoms with E-state index in [-0.39, 0.29) is 5.91 Å². The molecule has 2 aliphatic rings. The van der Waals surface area contributed by atoms with Gasteiger partial charge in [-0.15, -0.1) is 22.7 Å². The number of hydrogen-bond donors (Lipinski definition) is 1. The van der Waals surface area contributed by atoms with Crippen molar-refractivity contribution in [1.82, 2.24) is 4.90 Å². The van der Waals surface area contributed by atoms with Gasteiger partial charge < -0.3 is 10.1 Å². The molecule has 0 spiro atoms. The number of carbonyl (C=O) groups excluding carboxylic acids is 2. The zero-order chi connectivity index (χ0) is 19.1. The maximum Gasteiger partial charge on any atom is 0.341 e. The van der Waals surface area contributed by atoms with Crippen molar-refractivity contribution in [3.05, 3.63) is 37.9 Å². The van der Waals surface area contributed by atoms with E-state index < -0.39 is 5.97 Å². The van der Waals surface area contributed by atoms with Crippen LogP contribution < -0.4 is 5.32 Å². The molecule has 1 atom stereocenters. The first-order valence-corrected chi connectivity index (χ1v) is 11.0. The summed E-state index contributed by atoms with van der Waals surface area (Å²) in [6.07, 6.45) is 3.50. The van der Waals surface area contributed by atoms with Gasteiger partial charge in [-0.1, -0.05) is 0 Å². The predicted octanol–water partition coefficient (Wildman–Crippen LogP) is 4.16. The smallest absolute Gasteiger partial charge is 0.341 e. The summed E-state index contributed by atoms with van der Waals surface area (Å²) < 4.78 is 4.90. The summed E-state index contributed by atoms with van der Waals surface area (Å²) in [4.78, 5) is 29.7. The predicted molar refractivity (Wildman–Crippen MR) is 109 cm³/mol. The fraction of sp³-hybridized carbons (Fsp3) is 0.500. The van der Waals surface area contributed by atoms with Crippen LogP contribution in [0.25, 0.3) is 0 Å². The van der Waals surface area contributed by atoms with Gasteiger partial charge in [0.2, 0.25) is 5.91 Å². The Balaban J connectivity index is 1.50. The lowest BCUT2D eigenvalue weighted by atomic mass is 9.96. The number of aryl methyl sites for hydroxylation is 1. The Bertz CT molecular complexity index is 882. The monoisotopic (exact) mass is 404 g/mol. The van der Waals surface area contributed by atoms with Crippen molar-refractivity contribution in [2.24, 2.45) is 5.92 Å². The summed E-state index contributed by atoms with van der Waals surface area (Å²) >= 11 is 3.27. The number of esters is 1. The van der Waals surface area contributed by atoms with Gasteiger partial charge in [-0.25, -0.2) is 4.79 Å². The molecule has 0 radical (unpaired) electrons. The van der Waals surface area contributed by atoms with Crippen LogP contribution in [0.3, 0.4) is 0 Å². The number of carbonyl (C=O) groups is 2. The third kappa shape index (κ3) is 3.56. The van der Waals surface area contributed by atoms with E-state index in [0.717, 1.165) is 23.4 Å². The van der Waals surface area contributed by atoms with Gasteiger partial charge in [0.1, 0.15) is 5.00 Å². The lowest BCUT2D eigenvalue weighted by Crippen LogP contribution is -2.41. The standard InChI is InChI=1S/C20H24N2O3S2/c1-11-12(2)27-19(17(11)20(24)25-3)21-16(23)10-22-8-6-15-14(7-9-26-15)18(22)13-4-5-13/h7,9,13,18H,4-6,8,10H2,1-3H3,(H,21,23)/t18-/m0/s1. The zero-order valence-corrected chi connectivity index (χ0v) is 17.5. The number of rotatable bonds is 5. The van der Waals surface area contributed by atoms with Gasteiger partial charge in [0.05, 0.1) is 19.2 Å². The first-order valence-electron chi connectivity index (χ1n) is 9.28. The van der Waals surface area contributed by atoms with Crippen molar-refractivity contribution in [3.63, 3.8) is 0 Å². The van der Waals surface area contributed by atoms with Gasteiger partial charge in [-0.2, -0.15) is 0 Å². The SMILES string of the molecule is COC(=O)c1c(NC(=O)CN2CCc3sccc3[C@@H]2C2CC2)sc(C)c1C. The van der Waals surface area contributed by atoms with Crippen LogP contribution >= 0.6 is 22.7 Å². The van der Waals surface area contributed by atoms with E-state index in [2.05, 4.69) is 21.7 Å². The van der Waals surface area contributed by atoms with Crippen molar-refractivity contribution in [2.75, 3.05) is 25.5 Å². The van der Waals surface area contributed by atoms with Gasteiger partial charge in [0, 0.05) is 22.3 Å². The van der Waals surface area contributed by atoms with E-state index in [0.29, 0.717) is 29.1 Å². The van der Waals surface area contributed by atoms with Gasteiger partial charge in [0.25, 0.3) is 0 Å². The molecule has 0 aromatic carbocycles. The maximum absolute atomic E-state index is 12.8. The first kappa shape index (κ1) is 18.7. The molecule has 7 heteroatoms. The van der Waals surface area contributed by atoms with Crippen LogP contribution in [0.5, 0.6) is 0 Å². The van der Waals surface area contributed by atoms with Gasteiger partial charge >= 0.3 is 5.97 Å². The molecule has 5 nitrogen and oxygen atoms in total. The van der Waals surface area contributed by atoms with Crippen molar-refractivity contribution >= 4 is 39.6 Å². The van der Waals surface area contributed by atoms with E-state index in [1.165, 1.54) is 41.7 Å². The topological polar surface area (TPSA) is 58.6 Å². The van der Waals surface area contributed by atoms with E-state index in [9.17, 15) is 9.59 Å². The van der Waals surface area contributed by atoms with Gasteiger partial charge in [-0.05, 0) is 61.6 Å². The molecule has 27 heavy (non-hydrogen) atoms. The molecule has 0 unspecified atom stereocenters. The van der Waals surface area contributed by atoms with E-state index in [1.54, 1.807) is 0 Å². The fourth-order valence-electron chi connectivity index (χ4n) is 3.95. The Morgan fingerprint density at radius 3 is 2.81 bits per heavy atom. The second kappa shape index (κ2) is 7.37. The van der Waals surface area contributed by atoms with Crippen molar-refractivity contribution in [2.45, 2.75) is 39.2 Å². The largest absolute Gasteiger partial charge is 0.465 e. The highest BCUT2D eigenvalue weighted by Gasteiger charge is 2.40. The van der Waals surface area contributed by atoms with E-state index >= 15 is 0 Å². The van der Waals surface area contributed by atoms with Crippen molar-refractivity contribution in [3.8, 4) is 0 Å². The molecule has 1 aliphatic heterocycles. The Morgan fingerprint density at radius 2 is 2.11 bits per heavy atom. The number of nitrogens with zero attached hydrogens (tertiary/aromatic N) is 1. The molecule has 0 bridgehead atoms. The van der Waals surface area contributed by atoms with Crippen LogP contribution in [0.2, 0.25) is 0 Å². The number of fused-ring (bicyclic) bond motifs is 1.